The number of halogens is 1. The summed E-state index contributed by atoms with van der Waals surface area (Å²) in [6.07, 6.45) is 0.503. The largest absolute Gasteiger partial charge is 0.423 e. The fourth-order valence-electron chi connectivity index (χ4n) is 1.60. The maximum atomic E-state index is 11.6. The second-order valence-electron chi connectivity index (χ2n) is 3.98. The van der Waals surface area contributed by atoms with E-state index in [-0.39, 0.29) is 12.1 Å². The molecule has 1 fully saturated rings. The van der Waals surface area contributed by atoms with Crippen LogP contribution in [0.4, 0.5) is 0 Å². The van der Waals surface area contributed by atoms with E-state index in [0.29, 0.717) is 5.75 Å². The summed E-state index contributed by atoms with van der Waals surface area (Å²) in [6, 6.07) is 5.56. The van der Waals surface area contributed by atoms with Gasteiger partial charge < -0.3 is 9.47 Å². The summed E-state index contributed by atoms with van der Waals surface area (Å²) in [5, 5.41) is 0. The Morgan fingerprint density at radius 2 is 2.25 bits per heavy atom. The third kappa shape index (κ3) is 2.28. The van der Waals surface area contributed by atoms with Crippen LogP contribution in [0.5, 0.6) is 5.75 Å². The van der Waals surface area contributed by atoms with Crippen LogP contribution in [0.15, 0.2) is 22.7 Å². The van der Waals surface area contributed by atoms with Crippen LogP contribution in [0.25, 0.3) is 0 Å². The van der Waals surface area contributed by atoms with Gasteiger partial charge in [0.25, 0.3) is 0 Å². The Labute approximate surface area is 103 Å². The summed E-state index contributed by atoms with van der Waals surface area (Å²) in [6.45, 7) is 3.88. The number of hydrogen-bond donors (Lipinski definition) is 0. The highest BCUT2D eigenvalue weighted by Gasteiger charge is 2.34. The van der Waals surface area contributed by atoms with Gasteiger partial charge in [0.05, 0.1) is 10.6 Å². The van der Waals surface area contributed by atoms with E-state index in [1.807, 2.05) is 26.0 Å². The molecule has 1 aliphatic rings. The Kier molecular flexibility index (Phi) is 3.30. The molecule has 2 rings (SSSR count). The molecule has 0 N–H and O–H groups in total. The summed E-state index contributed by atoms with van der Waals surface area (Å²) in [4.78, 5) is 11.6. The molecule has 86 valence electrons. The van der Waals surface area contributed by atoms with Crippen molar-refractivity contribution in [2.45, 2.75) is 32.5 Å². The SMILES string of the molecule is Cc1cccc(OC(=O)C2CC(C)O2)c1Br. The number of benzene rings is 1. The van der Waals surface area contributed by atoms with Crippen molar-refractivity contribution in [3.8, 4) is 5.75 Å². The van der Waals surface area contributed by atoms with Crippen LogP contribution < -0.4 is 4.74 Å². The van der Waals surface area contributed by atoms with Gasteiger partial charge in [0.2, 0.25) is 0 Å². The van der Waals surface area contributed by atoms with Crippen molar-refractivity contribution >= 4 is 21.9 Å². The highest BCUT2D eigenvalue weighted by Crippen LogP contribution is 2.29. The first-order chi connectivity index (χ1) is 7.58. The van der Waals surface area contributed by atoms with Gasteiger partial charge in [-0.25, -0.2) is 4.79 Å². The number of carbonyl (C=O) groups excluding carboxylic acids is 1. The molecule has 1 aromatic rings. The molecule has 0 aliphatic carbocycles. The molecule has 3 nitrogen and oxygen atoms in total. The predicted molar refractivity (Wildman–Crippen MR) is 63.5 cm³/mol. The Hall–Kier alpha value is -0.870. The third-order valence-electron chi connectivity index (χ3n) is 2.57. The second-order valence-corrected chi connectivity index (χ2v) is 4.77. The zero-order chi connectivity index (χ0) is 11.7. The molecule has 4 heteroatoms. The fourth-order valence-corrected chi connectivity index (χ4v) is 1.94. The predicted octanol–water partition coefficient (Wildman–Crippen LogP) is 2.84. The summed E-state index contributed by atoms with van der Waals surface area (Å²) >= 11 is 3.39. The van der Waals surface area contributed by atoms with Crippen molar-refractivity contribution in [2.24, 2.45) is 0 Å². The zero-order valence-electron chi connectivity index (χ0n) is 9.20. The summed E-state index contributed by atoms with van der Waals surface area (Å²) in [7, 11) is 0. The number of aryl methyl sites for hydroxylation is 1. The van der Waals surface area contributed by atoms with Gasteiger partial charge in [0, 0.05) is 6.42 Å². The summed E-state index contributed by atoms with van der Waals surface area (Å²) in [5.74, 6) is 0.234. The number of esters is 1. The van der Waals surface area contributed by atoms with Gasteiger partial charge in [-0.05, 0) is 41.4 Å². The first-order valence-electron chi connectivity index (χ1n) is 5.20. The molecule has 0 radical (unpaired) electrons. The molecular weight excluding hydrogens is 272 g/mol. The maximum Gasteiger partial charge on any atom is 0.340 e. The molecule has 1 aromatic carbocycles. The van der Waals surface area contributed by atoms with Gasteiger partial charge >= 0.3 is 5.97 Å². The molecular formula is C12H13BrO3. The van der Waals surface area contributed by atoms with Crippen LogP contribution in [0.1, 0.15) is 18.9 Å². The average molecular weight is 285 g/mol. The van der Waals surface area contributed by atoms with Crippen LogP contribution in [0, 0.1) is 6.92 Å². The van der Waals surface area contributed by atoms with E-state index >= 15 is 0 Å². The summed E-state index contributed by atoms with van der Waals surface area (Å²) < 4.78 is 11.3. The van der Waals surface area contributed by atoms with Crippen molar-refractivity contribution in [2.75, 3.05) is 0 Å². The van der Waals surface area contributed by atoms with Crippen LogP contribution in [0.2, 0.25) is 0 Å². The van der Waals surface area contributed by atoms with Gasteiger partial charge in [0.1, 0.15) is 5.75 Å². The van der Waals surface area contributed by atoms with Gasteiger partial charge in [-0.1, -0.05) is 12.1 Å². The van der Waals surface area contributed by atoms with Crippen LogP contribution in [0.3, 0.4) is 0 Å². The Morgan fingerprint density at radius 3 is 2.88 bits per heavy atom. The van der Waals surface area contributed by atoms with Crippen molar-refractivity contribution in [1.82, 2.24) is 0 Å². The molecule has 1 saturated heterocycles. The quantitative estimate of drug-likeness (QED) is 0.619. The van der Waals surface area contributed by atoms with Crippen molar-refractivity contribution in [1.29, 1.82) is 0 Å². The highest BCUT2D eigenvalue weighted by atomic mass is 79.9. The second kappa shape index (κ2) is 4.55. The minimum absolute atomic E-state index is 0.165. The van der Waals surface area contributed by atoms with E-state index in [1.54, 1.807) is 6.07 Å². The van der Waals surface area contributed by atoms with Crippen LogP contribution in [-0.4, -0.2) is 18.2 Å². The first-order valence-corrected chi connectivity index (χ1v) is 5.99. The molecule has 2 atom stereocenters. The Bertz CT molecular complexity index is 411. The molecule has 0 amide bonds. The smallest absolute Gasteiger partial charge is 0.340 e. The Morgan fingerprint density at radius 1 is 1.56 bits per heavy atom. The number of hydrogen-bond acceptors (Lipinski definition) is 3. The standard InChI is InChI=1S/C12H13BrO3/c1-7-4-3-5-9(11(7)13)16-12(14)10-6-8(2)15-10/h3-5,8,10H,6H2,1-2H3. The maximum absolute atomic E-state index is 11.6. The van der Waals surface area contributed by atoms with E-state index < -0.39 is 6.10 Å². The minimum atomic E-state index is -0.401. The molecule has 2 unspecified atom stereocenters. The van der Waals surface area contributed by atoms with E-state index in [9.17, 15) is 4.79 Å². The van der Waals surface area contributed by atoms with Crippen LogP contribution >= 0.6 is 15.9 Å². The van der Waals surface area contributed by atoms with Gasteiger partial charge in [0.15, 0.2) is 6.10 Å². The van der Waals surface area contributed by atoms with E-state index in [1.165, 1.54) is 0 Å². The summed E-state index contributed by atoms with van der Waals surface area (Å²) in [5.41, 5.74) is 1.04. The molecule has 1 aliphatic heterocycles. The average Bonchev–Trinajstić information content (AvgIpc) is 2.20. The van der Waals surface area contributed by atoms with Crippen LogP contribution in [-0.2, 0) is 9.53 Å². The van der Waals surface area contributed by atoms with E-state index in [4.69, 9.17) is 9.47 Å². The van der Waals surface area contributed by atoms with Crippen molar-refractivity contribution in [3.05, 3.63) is 28.2 Å². The van der Waals surface area contributed by atoms with Gasteiger partial charge in [-0.15, -0.1) is 0 Å². The monoisotopic (exact) mass is 284 g/mol. The number of ether oxygens (including phenoxy) is 2. The van der Waals surface area contributed by atoms with Crippen molar-refractivity contribution in [3.63, 3.8) is 0 Å². The highest BCUT2D eigenvalue weighted by molar-refractivity contribution is 9.10. The van der Waals surface area contributed by atoms with Gasteiger partial charge in [-0.2, -0.15) is 0 Å². The molecule has 0 spiro atoms. The lowest BCUT2D eigenvalue weighted by molar-refractivity contribution is -0.173. The first kappa shape index (κ1) is 11.6. The lowest BCUT2D eigenvalue weighted by Crippen LogP contribution is -2.43. The normalized spacial score (nSPS) is 23.7. The molecule has 0 aromatic heterocycles. The minimum Gasteiger partial charge on any atom is -0.423 e. The molecule has 1 heterocycles. The zero-order valence-corrected chi connectivity index (χ0v) is 10.8. The van der Waals surface area contributed by atoms with E-state index in [2.05, 4.69) is 15.9 Å². The topological polar surface area (TPSA) is 35.5 Å². The van der Waals surface area contributed by atoms with Gasteiger partial charge in [-0.3, -0.25) is 0 Å². The lowest BCUT2D eigenvalue weighted by atomic mass is 10.1. The third-order valence-corrected chi connectivity index (χ3v) is 3.59. The van der Waals surface area contributed by atoms with Crippen molar-refractivity contribution < 1.29 is 14.3 Å². The number of rotatable bonds is 2. The fraction of sp³-hybridized carbons (Fsp3) is 0.417. The van der Waals surface area contributed by atoms with E-state index in [0.717, 1.165) is 16.5 Å². The molecule has 0 bridgehead atoms. The molecule has 16 heavy (non-hydrogen) atoms. The molecule has 0 saturated carbocycles. The number of carbonyl (C=O) groups is 1. The lowest BCUT2D eigenvalue weighted by Gasteiger charge is -2.31. The Balaban J connectivity index is 2.04.